The predicted octanol–water partition coefficient (Wildman–Crippen LogP) is 1.71. The maximum absolute atomic E-state index is 11.0. The predicted molar refractivity (Wildman–Crippen MR) is 50.8 cm³/mol. The third-order valence-corrected chi connectivity index (χ3v) is 1.60. The molecule has 1 aromatic carbocycles. The van der Waals surface area contributed by atoms with Gasteiger partial charge in [-0.15, -0.1) is 0 Å². The summed E-state index contributed by atoms with van der Waals surface area (Å²) in [5, 5.41) is 3.08. The molecule has 13 heavy (non-hydrogen) atoms. The Kier molecular flexibility index (Phi) is 3.31. The van der Waals surface area contributed by atoms with Crippen molar-refractivity contribution in [2.75, 3.05) is 19.0 Å². The highest BCUT2D eigenvalue weighted by Gasteiger charge is 2.03. The van der Waals surface area contributed by atoms with Crippen molar-refractivity contribution in [2.45, 2.75) is 6.92 Å². The number of hydrogen-bond acceptors (Lipinski definition) is 3. The molecule has 3 heteroatoms. The quantitative estimate of drug-likeness (QED) is 0.716. The Morgan fingerprint density at radius 3 is 2.85 bits per heavy atom. The molecule has 0 bridgehead atoms. The van der Waals surface area contributed by atoms with Crippen LogP contribution in [0.15, 0.2) is 18.2 Å². The van der Waals surface area contributed by atoms with Gasteiger partial charge in [0.25, 0.3) is 0 Å². The van der Waals surface area contributed by atoms with E-state index in [0.29, 0.717) is 5.56 Å². The van der Waals surface area contributed by atoms with E-state index >= 15 is 0 Å². The van der Waals surface area contributed by atoms with Crippen molar-refractivity contribution in [3.8, 4) is 0 Å². The summed E-state index contributed by atoms with van der Waals surface area (Å²) in [6.45, 7) is 2.84. The summed E-state index contributed by atoms with van der Waals surface area (Å²) in [5.41, 5.74) is 1.40. The van der Waals surface area contributed by atoms with Crippen LogP contribution in [-0.2, 0) is 4.74 Å². The summed E-state index contributed by atoms with van der Waals surface area (Å²) < 4.78 is 4.56. The molecule has 0 heterocycles. The van der Waals surface area contributed by atoms with Gasteiger partial charge in [-0.1, -0.05) is 0 Å². The summed E-state index contributed by atoms with van der Waals surface area (Å²) in [6.07, 6.45) is 0. The van der Waals surface area contributed by atoms with E-state index in [1.165, 1.54) is 7.11 Å². The number of benzene rings is 1. The van der Waals surface area contributed by atoms with Gasteiger partial charge in [0.2, 0.25) is 0 Å². The van der Waals surface area contributed by atoms with Gasteiger partial charge < -0.3 is 10.1 Å². The van der Waals surface area contributed by atoms with Crippen LogP contribution in [0.25, 0.3) is 0 Å². The van der Waals surface area contributed by atoms with Crippen LogP contribution in [0.3, 0.4) is 0 Å². The van der Waals surface area contributed by atoms with Crippen LogP contribution in [0.1, 0.15) is 17.3 Å². The molecule has 0 saturated heterocycles. The Morgan fingerprint density at radius 1 is 1.62 bits per heavy atom. The summed E-state index contributed by atoms with van der Waals surface area (Å²) in [6, 6.07) is 8.07. The average Bonchev–Trinajstić information content (AvgIpc) is 2.18. The van der Waals surface area contributed by atoms with Gasteiger partial charge in [-0.3, -0.25) is 0 Å². The van der Waals surface area contributed by atoms with Gasteiger partial charge in [-0.05, 0) is 25.1 Å². The monoisotopic (exact) mass is 178 g/mol. The minimum Gasteiger partial charge on any atom is -0.465 e. The van der Waals surface area contributed by atoms with E-state index < -0.39 is 0 Å². The third-order valence-electron chi connectivity index (χ3n) is 1.60. The van der Waals surface area contributed by atoms with E-state index in [2.05, 4.69) is 16.1 Å². The first kappa shape index (κ1) is 9.58. The van der Waals surface area contributed by atoms with Crippen LogP contribution in [0.4, 0.5) is 5.69 Å². The molecule has 0 aliphatic heterocycles. The molecule has 0 saturated carbocycles. The van der Waals surface area contributed by atoms with E-state index in [1.54, 1.807) is 18.2 Å². The topological polar surface area (TPSA) is 38.3 Å². The average molecular weight is 178 g/mol. The van der Waals surface area contributed by atoms with Crippen molar-refractivity contribution in [1.29, 1.82) is 0 Å². The van der Waals surface area contributed by atoms with Crippen molar-refractivity contribution in [1.82, 2.24) is 0 Å². The molecular weight excluding hydrogens is 166 g/mol. The fourth-order valence-corrected chi connectivity index (χ4v) is 0.970. The minimum atomic E-state index is -0.334. The van der Waals surface area contributed by atoms with Crippen molar-refractivity contribution in [3.63, 3.8) is 0 Å². The molecule has 3 nitrogen and oxygen atoms in total. The SMILES string of the molecule is CCNc1[c]cc(C(=O)OC)cc1. The second-order valence-corrected chi connectivity index (χ2v) is 2.51. The number of rotatable bonds is 3. The molecule has 1 rings (SSSR count). The number of hydrogen-bond donors (Lipinski definition) is 1. The Hall–Kier alpha value is -1.51. The van der Waals surface area contributed by atoms with Gasteiger partial charge in [0.1, 0.15) is 0 Å². The first-order valence-electron chi connectivity index (χ1n) is 4.12. The largest absolute Gasteiger partial charge is 0.465 e. The molecule has 0 aliphatic rings. The van der Waals surface area contributed by atoms with Crippen molar-refractivity contribution in [3.05, 3.63) is 29.8 Å². The molecule has 1 aromatic rings. The lowest BCUT2D eigenvalue weighted by atomic mass is 10.2. The van der Waals surface area contributed by atoms with Gasteiger partial charge in [0.15, 0.2) is 0 Å². The summed E-state index contributed by atoms with van der Waals surface area (Å²) in [4.78, 5) is 11.0. The molecular formula is C10H12NO2. The fraction of sp³-hybridized carbons (Fsp3) is 0.300. The maximum Gasteiger partial charge on any atom is 0.337 e. The van der Waals surface area contributed by atoms with Crippen molar-refractivity contribution >= 4 is 11.7 Å². The van der Waals surface area contributed by atoms with Gasteiger partial charge >= 0.3 is 5.97 Å². The molecule has 1 N–H and O–H groups in total. The second kappa shape index (κ2) is 4.50. The molecule has 1 radical (unpaired) electrons. The molecule has 0 aliphatic carbocycles. The van der Waals surface area contributed by atoms with Gasteiger partial charge in [-0.25, -0.2) is 4.79 Å². The molecule has 69 valence electrons. The Morgan fingerprint density at radius 2 is 2.38 bits per heavy atom. The fourth-order valence-electron chi connectivity index (χ4n) is 0.970. The van der Waals surface area contributed by atoms with Gasteiger partial charge in [0.05, 0.1) is 12.7 Å². The lowest BCUT2D eigenvalue weighted by molar-refractivity contribution is 0.0601. The number of carbonyl (C=O) groups excluding carboxylic acids is 1. The van der Waals surface area contributed by atoms with E-state index in [4.69, 9.17) is 0 Å². The van der Waals surface area contributed by atoms with Crippen molar-refractivity contribution in [2.24, 2.45) is 0 Å². The lowest BCUT2D eigenvalue weighted by Gasteiger charge is -2.02. The Bertz CT molecular complexity index is 279. The maximum atomic E-state index is 11.0. The molecule has 0 unspecified atom stereocenters. The van der Waals surface area contributed by atoms with E-state index in [-0.39, 0.29) is 5.97 Å². The first-order chi connectivity index (χ1) is 6.27. The van der Waals surface area contributed by atoms with Gasteiger partial charge in [-0.2, -0.15) is 0 Å². The third kappa shape index (κ3) is 2.47. The molecule has 0 spiro atoms. The van der Waals surface area contributed by atoms with Crippen LogP contribution >= 0.6 is 0 Å². The number of esters is 1. The zero-order valence-corrected chi connectivity index (χ0v) is 7.76. The first-order valence-corrected chi connectivity index (χ1v) is 4.12. The van der Waals surface area contributed by atoms with Gasteiger partial charge in [0, 0.05) is 18.3 Å². The van der Waals surface area contributed by atoms with Crippen LogP contribution < -0.4 is 5.32 Å². The summed E-state index contributed by atoms with van der Waals surface area (Å²) in [5.74, 6) is -0.334. The van der Waals surface area contributed by atoms with E-state index in [9.17, 15) is 4.79 Å². The number of carbonyl (C=O) groups is 1. The number of nitrogens with one attached hydrogen (secondary N) is 1. The molecule has 0 atom stereocenters. The van der Waals surface area contributed by atoms with Crippen molar-refractivity contribution < 1.29 is 9.53 Å². The molecule has 0 amide bonds. The number of anilines is 1. The second-order valence-electron chi connectivity index (χ2n) is 2.51. The minimum absolute atomic E-state index is 0.334. The Balaban J connectivity index is 2.75. The highest BCUT2D eigenvalue weighted by Crippen LogP contribution is 2.08. The van der Waals surface area contributed by atoms with Crippen LogP contribution in [0, 0.1) is 6.07 Å². The van der Waals surface area contributed by atoms with E-state index in [0.717, 1.165) is 12.2 Å². The lowest BCUT2D eigenvalue weighted by Crippen LogP contribution is -2.02. The highest BCUT2D eigenvalue weighted by atomic mass is 16.5. The summed E-state index contributed by atoms with van der Waals surface area (Å²) >= 11 is 0. The molecule has 0 fully saturated rings. The number of ether oxygens (including phenoxy) is 1. The zero-order chi connectivity index (χ0) is 9.68. The van der Waals surface area contributed by atoms with E-state index in [1.807, 2.05) is 6.92 Å². The smallest absolute Gasteiger partial charge is 0.337 e. The summed E-state index contributed by atoms with van der Waals surface area (Å²) in [7, 11) is 1.36. The standard InChI is InChI=1S/C10H12NO2/c1-3-11-9-6-4-8(5-7-9)10(12)13-2/h4-6,11H,3H2,1-2H3. The molecule has 0 aromatic heterocycles. The van der Waals surface area contributed by atoms with Crippen LogP contribution in [0.2, 0.25) is 0 Å². The van der Waals surface area contributed by atoms with Crippen LogP contribution in [-0.4, -0.2) is 19.6 Å². The number of methoxy groups -OCH3 is 1. The van der Waals surface area contributed by atoms with Crippen LogP contribution in [0.5, 0.6) is 0 Å². The Labute approximate surface area is 77.7 Å². The highest BCUT2D eigenvalue weighted by molar-refractivity contribution is 5.89. The normalized spacial score (nSPS) is 9.38. The zero-order valence-electron chi connectivity index (χ0n) is 7.76.